The highest BCUT2D eigenvalue weighted by atomic mass is 19.3. The van der Waals surface area contributed by atoms with E-state index < -0.39 is 6.61 Å². The summed E-state index contributed by atoms with van der Waals surface area (Å²) in [7, 11) is 4.87. The Morgan fingerprint density at radius 1 is 1.19 bits per heavy atom. The number of hydrogen-bond donors (Lipinski definition) is 2. The van der Waals surface area contributed by atoms with Crippen LogP contribution in [0.1, 0.15) is 12.5 Å². The molecule has 0 saturated carbocycles. The third-order valence-electron chi connectivity index (χ3n) is 4.62. The summed E-state index contributed by atoms with van der Waals surface area (Å²) < 4.78 is 36.1. The predicted molar refractivity (Wildman–Crippen MR) is 103 cm³/mol. The molecule has 9 heteroatoms. The number of halogens is 2. The van der Waals surface area contributed by atoms with Crippen LogP contribution in [0.15, 0.2) is 17.1 Å². The fourth-order valence-corrected chi connectivity index (χ4v) is 3.06. The molecule has 1 aromatic carbocycles. The van der Waals surface area contributed by atoms with E-state index >= 15 is 0 Å². The normalized spacial score (nSPS) is 16.5. The zero-order chi connectivity index (χ0) is 19.8. The number of nitrogens with zero attached hydrogens (tertiary/aromatic N) is 3. The number of nitrogens with one attached hydrogen (secondary N) is 2. The van der Waals surface area contributed by atoms with Crippen LogP contribution >= 0.6 is 0 Å². The maximum atomic E-state index is 13.0. The van der Waals surface area contributed by atoms with Gasteiger partial charge < -0.3 is 25.0 Å². The summed E-state index contributed by atoms with van der Waals surface area (Å²) in [5, 5.41) is 5.91. The Bertz CT molecular complexity index is 634. The van der Waals surface area contributed by atoms with Crippen LogP contribution in [0, 0.1) is 0 Å². The molecule has 1 saturated heterocycles. The van der Waals surface area contributed by atoms with E-state index in [0.717, 1.165) is 32.7 Å². The Hall–Kier alpha value is -2.13. The minimum absolute atomic E-state index is 0.137. The monoisotopic (exact) mass is 385 g/mol. The quantitative estimate of drug-likeness (QED) is 0.553. The average Bonchev–Trinajstić information content (AvgIpc) is 2.67. The van der Waals surface area contributed by atoms with Crippen LogP contribution in [0.4, 0.5) is 14.5 Å². The molecule has 27 heavy (non-hydrogen) atoms. The van der Waals surface area contributed by atoms with Crippen LogP contribution in [0.3, 0.4) is 0 Å². The smallest absolute Gasteiger partial charge is 0.387 e. The van der Waals surface area contributed by atoms with Gasteiger partial charge in [0.1, 0.15) is 11.5 Å². The van der Waals surface area contributed by atoms with Crippen molar-refractivity contribution >= 4 is 11.6 Å². The molecule has 0 unspecified atom stereocenters. The second kappa shape index (κ2) is 10.3. The summed E-state index contributed by atoms with van der Waals surface area (Å²) in [4.78, 5) is 8.64. The molecule has 1 heterocycles. The molecule has 0 aromatic heterocycles. The lowest BCUT2D eigenvalue weighted by molar-refractivity contribution is -0.0508. The van der Waals surface area contributed by atoms with Crippen LogP contribution in [0.5, 0.6) is 11.5 Å². The van der Waals surface area contributed by atoms with Crippen LogP contribution < -0.4 is 20.1 Å². The second-order valence-corrected chi connectivity index (χ2v) is 6.20. The number of alkyl halides is 2. The van der Waals surface area contributed by atoms with Gasteiger partial charge in [0, 0.05) is 58.4 Å². The SMILES string of the molecule is CCN1CCN(Cc2cc(OC)c(N/C(=N/C)NC)cc2OC(F)F)CC1. The first-order chi connectivity index (χ1) is 13.0. The van der Waals surface area contributed by atoms with Gasteiger partial charge in [0.25, 0.3) is 0 Å². The molecule has 0 bridgehead atoms. The lowest BCUT2D eigenvalue weighted by Crippen LogP contribution is -2.45. The summed E-state index contributed by atoms with van der Waals surface area (Å²) >= 11 is 0. The zero-order valence-corrected chi connectivity index (χ0v) is 16.4. The number of rotatable bonds is 7. The Balaban J connectivity index is 2.26. The molecule has 1 aliphatic rings. The van der Waals surface area contributed by atoms with Crippen molar-refractivity contribution in [2.45, 2.75) is 20.1 Å². The molecule has 1 aliphatic heterocycles. The highest BCUT2D eigenvalue weighted by molar-refractivity contribution is 5.95. The van der Waals surface area contributed by atoms with E-state index in [4.69, 9.17) is 9.47 Å². The molecule has 7 nitrogen and oxygen atoms in total. The first-order valence-corrected chi connectivity index (χ1v) is 9.02. The largest absolute Gasteiger partial charge is 0.495 e. The first kappa shape index (κ1) is 21.2. The minimum Gasteiger partial charge on any atom is -0.495 e. The molecular weight excluding hydrogens is 356 g/mol. The molecule has 2 N–H and O–H groups in total. The van der Waals surface area contributed by atoms with Crippen LogP contribution in [-0.4, -0.2) is 76.3 Å². The molecule has 0 amide bonds. The van der Waals surface area contributed by atoms with Crippen molar-refractivity contribution < 1.29 is 18.3 Å². The van der Waals surface area contributed by atoms with Crippen molar-refractivity contribution in [3.8, 4) is 11.5 Å². The predicted octanol–water partition coefficient (Wildman–Crippen LogP) is 2.05. The maximum Gasteiger partial charge on any atom is 0.387 e. The Morgan fingerprint density at radius 3 is 2.37 bits per heavy atom. The van der Waals surface area contributed by atoms with Crippen molar-refractivity contribution in [2.24, 2.45) is 4.99 Å². The molecule has 0 spiro atoms. The summed E-state index contributed by atoms with van der Waals surface area (Å²) in [5.41, 5.74) is 1.17. The van der Waals surface area contributed by atoms with Crippen molar-refractivity contribution in [1.82, 2.24) is 15.1 Å². The summed E-state index contributed by atoms with van der Waals surface area (Å²) in [6.07, 6.45) is 0. The number of methoxy groups -OCH3 is 1. The van der Waals surface area contributed by atoms with E-state index in [2.05, 4.69) is 32.3 Å². The average molecular weight is 385 g/mol. The lowest BCUT2D eigenvalue weighted by atomic mass is 10.1. The fraction of sp³-hybridized carbons (Fsp3) is 0.611. The van der Waals surface area contributed by atoms with Gasteiger partial charge in [0.15, 0.2) is 5.96 Å². The van der Waals surface area contributed by atoms with E-state index in [-0.39, 0.29) is 5.75 Å². The lowest BCUT2D eigenvalue weighted by Gasteiger charge is -2.34. The van der Waals surface area contributed by atoms with Gasteiger partial charge in [0.05, 0.1) is 12.8 Å². The highest BCUT2D eigenvalue weighted by Gasteiger charge is 2.20. The van der Waals surface area contributed by atoms with Gasteiger partial charge in [-0.15, -0.1) is 0 Å². The molecule has 0 aliphatic carbocycles. The van der Waals surface area contributed by atoms with Crippen molar-refractivity contribution in [2.75, 3.05) is 59.2 Å². The summed E-state index contributed by atoms with van der Waals surface area (Å²) in [5.74, 6) is 1.16. The minimum atomic E-state index is -2.90. The van der Waals surface area contributed by atoms with E-state index in [1.807, 2.05) is 0 Å². The maximum absolute atomic E-state index is 13.0. The number of benzene rings is 1. The Kier molecular flexibility index (Phi) is 8.05. The fourth-order valence-electron chi connectivity index (χ4n) is 3.06. The molecule has 1 aromatic rings. The number of anilines is 1. The van der Waals surface area contributed by atoms with Crippen molar-refractivity contribution in [3.63, 3.8) is 0 Å². The number of likely N-dealkylation sites (N-methyl/N-ethyl adjacent to an activating group) is 1. The standard InChI is InChI=1S/C18H29F2N5O2/c1-5-24-6-8-25(9-7-24)12-13-10-16(26-4)14(23-18(21-2)22-3)11-15(13)27-17(19)20/h10-11,17H,5-9,12H2,1-4H3,(H2,21,22,23). The Morgan fingerprint density at radius 2 is 1.85 bits per heavy atom. The van der Waals surface area contributed by atoms with E-state index in [0.29, 0.717) is 29.5 Å². The van der Waals surface area contributed by atoms with Gasteiger partial charge in [-0.1, -0.05) is 6.92 Å². The molecule has 0 atom stereocenters. The highest BCUT2D eigenvalue weighted by Crippen LogP contribution is 2.34. The van der Waals surface area contributed by atoms with E-state index in [1.165, 1.54) is 6.07 Å². The molecular formula is C18H29F2N5O2. The number of guanidine groups is 1. The van der Waals surface area contributed by atoms with E-state index in [9.17, 15) is 8.78 Å². The van der Waals surface area contributed by atoms with Gasteiger partial charge in [-0.3, -0.25) is 9.89 Å². The molecule has 0 radical (unpaired) electrons. The molecule has 152 valence electrons. The van der Waals surface area contributed by atoms with Gasteiger partial charge in [-0.2, -0.15) is 8.78 Å². The van der Waals surface area contributed by atoms with Crippen LogP contribution in [-0.2, 0) is 6.54 Å². The number of aliphatic imine (C=N–C) groups is 1. The van der Waals surface area contributed by atoms with Crippen LogP contribution in [0.25, 0.3) is 0 Å². The number of hydrogen-bond acceptors (Lipinski definition) is 5. The van der Waals surface area contributed by atoms with Gasteiger partial charge in [0.2, 0.25) is 0 Å². The van der Waals surface area contributed by atoms with E-state index in [1.54, 1.807) is 27.3 Å². The van der Waals surface area contributed by atoms with Gasteiger partial charge in [-0.05, 0) is 12.6 Å². The van der Waals surface area contributed by atoms with Crippen molar-refractivity contribution in [3.05, 3.63) is 17.7 Å². The number of piperazine rings is 1. The van der Waals surface area contributed by atoms with Crippen molar-refractivity contribution in [1.29, 1.82) is 0 Å². The number of ether oxygens (including phenoxy) is 2. The van der Waals surface area contributed by atoms with Gasteiger partial charge >= 0.3 is 6.61 Å². The van der Waals surface area contributed by atoms with Crippen LogP contribution in [0.2, 0.25) is 0 Å². The second-order valence-electron chi connectivity index (χ2n) is 6.20. The summed E-state index contributed by atoms with van der Waals surface area (Å²) in [6, 6.07) is 3.28. The molecule has 2 rings (SSSR count). The third kappa shape index (κ3) is 5.93. The molecule has 1 fully saturated rings. The van der Waals surface area contributed by atoms with Gasteiger partial charge in [-0.25, -0.2) is 0 Å². The Labute approximate surface area is 159 Å². The zero-order valence-electron chi connectivity index (χ0n) is 16.4. The topological polar surface area (TPSA) is 61.4 Å². The third-order valence-corrected chi connectivity index (χ3v) is 4.62. The first-order valence-electron chi connectivity index (χ1n) is 9.02. The summed E-state index contributed by atoms with van der Waals surface area (Å²) in [6.45, 7) is 4.50.